The molecule has 0 amide bonds. The molecule has 3 N–H and O–H groups in total. The lowest BCUT2D eigenvalue weighted by atomic mass is 10.0. The Balaban J connectivity index is 1.84. The summed E-state index contributed by atoms with van der Waals surface area (Å²) in [5, 5.41) is 0. The molecule has 0 spiro atoms. The first kappa shape index (κ1) is 13.3. The van der Waals surface area contributed by atoms with Crippen molar-refractivity contribution in [1.29, 1.82) is 0 Å². The maximum absolute atomic E-state index is 12.0. The molecule has 17 heavy (non-hydrogen) atoms. The average Bonchev–Trinajstić information content (AvgIpc) is 3.10. The van der Waals surface area contributed by atoms with E-state index in [2.05, 4.69) is 11.6 Å². The van der Waals surface area contributed by atoms with E-state index in [4.69, 9.17) is 5.73 Å². The second-order valence-electron chi connectivity index (χ2n) is 5.46. The number of nitrogens with two attached hydrogens (primary N) is 1. The molecule has 0 aromatic heterocycles. The molecular formula is C11H23N3O2S. The van der Waals surface area contributed by atoms with Crippen molar-refractivity contribution in [3.63, 3.8) is 0 Å². The van der Waals surface area contributed by atoms with Crippen LogP contribution < -0.4 is 10.5 Å². The molecule has 2 atom stereocenters. The first-order chi connectivity index (χ1) is 7.99. The van der Waals surface area contributed by atoms with Crippen LogP contribution in [0.5, 0.6) is 0 Å². The van der Waals surface area contributed by atoms with Crippen LogP contribution in [-0.4, -0.2) is 38.4 Å². The van der Waals surface area contributed by atoms with Crippen LogP contribution in [0.4, 0.5) is 0 Å². The standard InChI is InChI=1S/C11H23N3O2S/c1-9-3-2-6-14(8-9)17(15,16)13-7-11(12)10-4-5-10/h9-11,13H,2-8,12H2,1H3. The second kappa shape index (κ2) is 5.22. The van der Waals surface area contributed by atoms with Crippen molar-refractivity contribution >= 4 is 10.2 Å². The van der Waals surface area contributed by atoms with Gasteiger partial charge in [-0.1, -0.05) is 6.92 Å². The molecule has 0 aromatic carbocycles. The Kier molecular flexibility index (Phi) is 4.07. The van der Waals surface area contributed by atoms with Crippen LogP contribution in [0.3, 0.4) is 0 Å². The Labute approximate surface area is 104 Å². The van der Waals surface area contributed by atoms with Crippen molar-refractivity contribution in [2.75, 3.05) is 19.6 Å². The van der Waals surface area contributed by atoms with Gasteiger partial charge in [0.15, 0.2) is 0 Å². The predicted molar refractivity (Wildman–Crippen MR) is 67.6 cm³/mol. The SMILES string of the molecule is CC1CCCN(S(=O)(=O)NCC(N)C2CC2)C1. The van der Waals surface area contributed by atoms with Crippen molar-refractivity contribution < 1.29 is 8.42 Å². The van der Waals surface area contributed by atoms with Gasteiger partial charge >= 0.3 is 0 Å². The third-order valence-electron chi connectivity index (χ3n) is 3.69. The van der Waals surface area contributed by atoms with Gasteiger partial charge in [-0.25, -0.2) is 4.72 Å². The lowest BCUT2D eigenvalue weighted by molar-refractivity contribution is 0.278. The molecule has 0 radical (unpaired) electrons. The first-order valence-electron chi connectivity index (χ1n) is 6.49. The Morgan fingerprint density at radius 2 is 2.12 bits per heavy atom. The number of hydrogen-bond acceptors (Lipinski definition) is 3. The molecule has 1 aliphatic heterocycles. The molecule has 6 heteroatoms. The highest BCUT2D eigenvalue weighted by Crippen LogP contribution is 2.31. The van der Waals surface area contributed by atoms with E-state index in [1.165, 1.54) is 0 Å². The average molecular weight is 261 g/mol. The quantitative estimate of drug-likeness (QED) is 0.747. The summed E-state index contributed by atoms with van der Waals surface area (Å²) in [5.74, 6) is 0.982. The molecule has 0 aromatic rings. The lowest BCUT2D eigenvalue weighted by Gasteiger charge is -2.30. The van der Waals surface area contributed by atoms with Crippen molar-refractivity contribution in [3.8, 4) is 0 Å². The zero-order chi connectivity index (χ0) is 12.5. The topological polar surface area (TPSA) is 75.4 Å². The number of piperidine rings is 1. The molecule has 1 heterocycles. The van der Waals surface area contributed by atoms with Gasteiger partial charge in [-0.2, -0.15) is 12.7 Å². The fourth-order valence-corrected chi connectivity index (χ4v) is 3.75. The summed E-state index contributed by atoms with van der Waals surface area (Å²) in [6.07, 6.45) is 4.36. The van der Waals surface area contributed by atoms with Crippen LogP contribution in [0.2, 0.25) is 0 Å². The van der Waals surface area contributed by atoms with Crippen molar-refractivity contribution in [2.45, 2.75) is 38.6 Å². The molecule has 2 aliphatic rings. The molecule has 2 fully saturated rings. The monoisotopic (exact) mass is 261 g/mol. The minimum absolute atomic E-state index is 0.0213. The number of nitrogens with zero attached hydrogens (tertiary/aromatic N) is 1. The van der Waals surface area contributed by atoms with Gasteiger partial charge in [-0.05, 0) is 37.5 Å². The van der Waals surface area contributed by atoms with E-state index in [-0.39, 0.29) is 6.04 Å². The van der Waals surface area contributed by atoms with E-state index < -0.39 is 10.2 Å². The summed E-state index contributed by atoms with van der Waals surface area (Å²) in [7, 11) is -3.31. The van der Waals surface area contributed by atoms with Gasteiger partial charge in [-0.3, -0.25) is 0 Å². The molecule has 1 saturated heterocycles. The van der Waals surface area contributed by atoms with Crippen LogP contribution in [0, 0.1) is 11.8 Å². The molecule has 0 bridgehead atoms. The minimum Gasteiger partial charge on any atom is -0.326 e. The van der Waals surface area contributed by atoms with E-state index >= 15 is 0 Å². The number of rotatable bonds is 5. The molecule has 2 rings (SSSR count). The number of hydrogen-bond donors (Lipinski definition) is 2. The molecule has 1 aliphatic carbocycles. The van der Waals surface area contributed by atoms with Gasteiger partial charge in [0.1, 0.15) is 0 Å². The van der Waals surface area contributed by atoms with Crippen LogP contribution in [0.1, 0.15) is 32.6 Å². The molecule has 5 nitrogen and oxygen atoms in total. The summed E-state index contributed by atoms with van der Waals surface area (Å²) < 4.78 is 28.3. The molecule has 2 unspecified atom stereocenters. The summed E-state index contributed by atoms with van der Waals surface area (Å²) in [6, 6.07) is -0.0213. The summed E-state index contributed by atoms with van der Waals surface area (Å²) in [5.41, 5.74) is 5.90. The molecule has 1 saturated carbocycles. The third kappa shape index (κ3) is 3.64. The maximum Gasteiger partial charge on any atom is 0.279 e. The third-order valence-corrected chi connectivity index (χ3v) is 5.23. The van der Waals surface area contributed by atoms with E-state index in [0.29, 0.717) is 31.5 Å². The highest BCUT2D eigenvalue weighted by atomic mass is 32.2. The molecular weight excluding hydrogens is 238 g/mol. The van der Waals surface area contributed by atoms with Gasteiger partial charge in [0.05, 0.1) is 0 Å². The van der Waals surface area contributed by atoms with Gasteiger partial charge < -0.3 is 5.73 Å². The fraction of sp³-hybridized carbons (Fsp3) is 1.00. The van der Waals surface area contributed by atoms with Gasteiger partial charge in [0.2, 0.25) is 0 Å². The largest absolute Gasteiger partial charge is 0.326 e. The smallest absolute Gasteiger partial charge is 0.279 e. The minimum atomic E-state index is -3.31. The fourth-order valence-electron chi connectivity index (χ4n) is 2.35. The molecule has 100 valence electrons. The number of nitrogens with one attached hydrogen (secondary N) is 1. The summed E-state index contributed by atoms with van der Waals surface area (Å²) >= 11 is 0. The van der Waals surface area contributed by atoms with Gasteiger partial charge in [-0.15, -0.1) is 0 Å². The Morgan fingerprint density at radius 3 is 2.71 bits per heavy atom. The maximum atomic E-state index is 12.0. The zero-order valence-corrected chi connectivity index (χ0v) is 11.2. The highest BCUT2D eigenvalue weighted by molar-refractivity contribution is 7.87. The van der Waals surface area contributed by atoms with E-state index in [1.54, 1.807) is 4.31 Å². The van der Waals surface area contributed by atoms with E-state index in [0.717, 1.165) is 25.7 Å². The van der Waals surface area contributed by atoms with Crippen molar-refractivity contribution in [3.05, 3.63) is 0 Å². The van der Waals surface area contributed by atoms with Crippen LogP contribution in [0.15, 0.2) is 0 Å². The highest BCUT2D eigenvalue weighted by Gasteiger charge is 2.31. The Hall–Kier alpha value is -0.170. The Bertz CT molecular complexity index is 354. The van der Waals surface area contributed by atoms with Crippen molar-refractivity contribution in [2.24, 2.45) is 17.6 Å². The first-order valence-corrected chi connectivity index (χ1v) is 7.93. The van der Waals surface area contributed by atoms with Crippen LogP contribution >= 0.6 is 0 Å². The second-order valence-corrected chi connectivity index (χ2v) is 7.22. The van der Waals surface area contributed by atoms with Crippen LogP contribution in [-0.2, 0) is 10.2 Å². The zero-order valence-electron chi connectivity index (χ0n) is 10.4. The normalized spacial score (nSPS) is 29.2. The van der Waals surface area contributed by atoms with Gasteiger partial charge in [0, 0.05) is 25.7 Å². The van der Waals surface area contributed by atoms with Crippen molar-refractivity contribution in [1.82, 2.24) is 9.03 Å². The summed E-state index contributed by atoms with van der Waals surface area (Å²) in [6.45, 7) is 3.74. The lowest BCUT2D eigenvalue weighted by Crippen LogP contribution is -2.48. The van der Waals surface area contributed by atoms with Gasteiger partial charge in [0.25, 0.3) is 10.2 Å². The van der Waals surface area contributed by atoms with E-state index in [9.17, 15) is 8.42 Å². The Morgan fingerprint density at radius 1 is 1.41 bits per heavy atom. The van der Waals surface area contributed by atoms with Crippen LogP contribution in [0.25, 0.3) is 0 Å². The van der Waals surface area contributed by atoms with E-state index in [1.807, 2.05) is 0 Å². The summed E-state index contributed by atoms with van der Waals surface area (Å²) in [4.78, 5) is 0. The predicted octanol–water partition coefficient (Wildman–Crippen LogP) is 0.290.